The molecule has 0 bridgehead atoms. The second kappa shape index (κ2) is 11.9. The molecule has 202 valence electrons. The van der Waals surface area contributed by atoms with Crippen LogP contribution in [0, 0.1) is 0 Å². The number of hydrogen-bond donors (Lipinski definition) is 2. The molecule has 3 amide bonds. The molecule has 4 rings (SSSR count). The summed E-state index contributed by atoms with van der Waals surface area (Å²) >= 11 is 0. The van der Waals surface area contributed by atoms with E-state index in [1.54, 1.807) is 36.4 Å². The van der Waals surface area contributed by atoms with Crippen molar-refractivity contribution in [3.63, 3.8) is 0 Å². The topological polar surface area (TPSA) is 100 Å². The Kier molecular flexibility index (Phi) is 8.44. The highest BCUT2D eigenvalue weighted by atomic mass is 16.5. The van der Waals surface area contributed by atoms with Crippen LogP contribution in [0.5, 0.6) is 5.75 Å². The van der Waals surface area contributed by atoms with Gasteiger partial charge >= 0.3 is 0 Å². The third-order valence-corrected chi connectivity index (χ3v) is 6.89. The van der Waals surface area contributed by atoms with Crippen LogP contribution in [0.4, 0.5) is 11.4 Å². The van der Waals surface area contributed by atoms with Crippen LogP contribution in [-0.4, -0.2) is 29.7 Å². The van der Waals surface area contributed by atoms with Crippen LogP contribution < -0.4 is 20.4 Å². The average Bonchev–Trinajstić information content (AvgIpc) is 3.32. The van der Waals surface area contributed by atoms with Crippen LogP contribution in [0.15, 0.2) is 84.0 Å². The van der Waals surface area contributed by atoms with E-state index in [-0.39, 0.29) is 29.5 Å². The fourth-order valence-electron chi connectivity index (χ4n) is 4.11. The normalized spacial score (nSPS) is 14.0. The first-order chi connectivity index (χ1) is 18.7. The molecule has 3 aromatic rings. The van der Waals surface area contributed by atoms with Gasteiger partial charge in [-0.2, -0.15) is 10.1 Å². The number of hydrazone groups is 1. The van der Waals surface area contributed by atoms with E-state index in [4.69, 9.17) is 4.74 Å². The summed E-state index contributed by atoms with van der Waals surface area (Å²) in [6, 6.07) is 23.5. The van der Waals surface area contributed by atoms with Gasteiger partial charge in [0, 0.05) is 11.3 Å². The molecule has 0 saturated heterocycles. The van der Waals surface area contributed by atoms with Gasteiger partial charge in [-0.1, -0.05) is 64.1 Å². The quantitative estimate of drug-likeness (QED) is 0.376. The lowest BCUT2D eigenvalue weighted by atomic mass is 9.82. The average molecular weight is 527 g/mol. The number of para-hydroxylation sites is 1. The van der Waals surface area contributed by atoms with Crippen molar-refractivity contribution in [2.75, 3.05) is 10.3 Å². The van der Waals surface area contributed by atoms with Crippen LogP contribution in [0.2, 0.25) is 0 Å². The highest BCUT2D eigenvalue weighted by Crippen LogP contribution is 2.28. The van der Waals surface area contributed by atoms with Crippen molar-refractivity contribution in [3.8, 4) is 5.75 Å². The number of carbonyl (C=O) groups excluding carboxylic acids is 3. The number of amidine groups is 1. The smallest absolute Gasteiger partial charge is 0.265 e. The number of ether oxygens (including phenoxy) is 1. The summed E-state index contributed by atoms with van der Waals surface area (Å²) < 4.78 is 5.98. The second-order valence-corrected chi connectivity index (χ2v) is 10.1. The zero-order chi connectivity index (χ0) is 28.0. The zero-order valence-corrected chi connectivity index (χ0v) is 22.7. The molecule has 0 radical (unpaired) electrons. The van der Waals surface area contributed by atoms with E-state index in [1.807, 2.05) is 49.4 Å². The first-order valence-corrected chi connectivity index (χ1v) is 13.1. The Labute approximate surface area is 229 Å². The Morgan fingerprint density at radius 3 is 2.36 bits per heavy atom. The van der Waals surface area contributed by atoms with E-state index < -0.39 is 12.0 Å². The Morgan fingerprint density at radius 2 is 1.69 bits per heavy atom. The lowest BCUT2D eigenvalue weighted by Crippen LogP contribution is -2.33. The molecule has 1 heterocycles. The molecule has 0 saturated carbocycles. The minimum Gasteiger partial charge on any atom is -0.481 e. The predicted octanol–water partition coefficient (Wildman–Crippen LogP) is 5.65. The Balaban J connectivity index is 1.38. The van der Waals surface area contributed by atoms with E-state index in [9.17, 15) is 14.4 Å². The molecule has 3 aromatic carbocycles. The summed E-state index contributed by atoms with van der Waals surface area (Å²) in [6.07, 6.45) is 0.780. The number of hydrogen-bond acceptors (Lipinski definition) is 5. The number of nitrogens with one attached hydrogen (secondary N) is 2. The van der Waals surface area contributed by atoms with E-state index >= 15 is 0 Å². The predicted molar refractivity (Wildman–Crippen MR) is 153 cm³/mol. The number of nitrogens with zero attached hydrogens (tertiary/aromatic N) is 2. The van der Waals surface area contributed by atoms with Gasteiger partial charge in [0.15, 0.2) is 6.10 Å². The van der Waals surface area contributed by atoms with Crippen molar-refractivity contribution in [1.29, 1.82) is 0 Å². The molecule has 8 nitrogen and oxygen atoms in total. The van der Waals surface area contributed by atoms with Crippen molar-refractivity contribution in [3.05, 3.63) is 90.0 Å². The maximum absolute atomic E-state index is 13.0. The van der Waals surface area contributed by atoms with Crippen LogP contribution in [0.1, 0.15) is 62.9 Å². The minimum absolute atomic E-state index is 0.0104. The number of carbonyl (C=O) groups is 3. The monoisotopic (exact) mass is 526 g/mol. The third-order valence-electron chi connectivity index (χ3n) is 6.89. The second-order valence-electron chi connectivity index (χ2n) is 10.1. The summed E-state index contributed by atoms with van der Waals surface area (Å²) in [7, 11) is 0. The molecular weight excluding hydrogens is 492 g/mol. The maximum Gasteiger partial charge on any atom is 0.265 e. The van der Waals surface area contributed by atoms with Crippen molar-refractivity contribution < 1.29 is 19.1 Å². The summed E-state index contributed by atoms with van der Waals surface area (Å²) in [5, 5.41) is 11.1. The van der Waals surface area contributed by atoms with Gasteiger partial charge in [0.05, 0.1) is 12.1 Å². The molecule has 0 spiro atoms. The van der Waals surface area contributed by atoms with Crippen molar-refractivity contribution in [2.45, 2.75) is 58.5 Å². The van der Waals surface area contributed by atoms with Gasteiger partial charge < -0.3 is 15.4 Å². The van der Waals surface area contributed by atoms with Gasteiger partial charge in [0.25, 0.3) is 17.7 Å². The molecule has 39 heavy (non-hydrogen) atoms. The van der Waals surface area contributed by atoms with Gasteiger partial charge in [0.2, 0.25) is 0 Å². The molecule has 8 heteroatoms. The fraction of sp³-hybridized carbons (Fsp3) is 0.290. The van der Waals surface area contributed by atoms with E-state index in [1.165, 1.54) is 10.6 Å². The van der Waals surface area contributed by atoms with Gasteiger partial charge in [-0.25, -0.2) is 0 Å². The van der Waals surface area contributed by atoms with Crippen molar-refractivity contribution >= 4 is 34.9 Å². The number of rotatable bonds is 9. The minimum atomic E-state index is -0.699. The van der Waals surface area contributed by atoms with Crippen molar-refractivity contribution in [2.24, 2.45) is 5.10 Å². The van der Waals surface area contributed by atoms with Crippen LogP contribution in [0.3, 0.4) is 0 Å². The number of anilines is 2. The molecule has 2 N–H and O–H groups in total. The standard InChI is InChI=1S/C31H34N4O4/c1-5-26(39-25-17-15-22(16-18-25)31(3,4)6-2)30(38)32-23-12-10-11-21(19-23)29(37)33-27-20-28(36)35(34-27)24-13-8-7-9-14-24/h7-19,26H,5-6,20H2,1-4H3,(H,32,38)(H,33,34,37)/t26-/m0/s1. The van der Waals surface area contributed by atoms with Gasteiger partial charge in [-0.05, 0) is 66.3 Å². The molecule has 1 atom stereocenters. The van der Waals surface area contributed by atoms with Crippen LogP contribution in [-0.2, 0) is 15.0 Å². The summed E-state index contributed by atoms with van der Waals surface area (Å²) in [4.78, 5) is 38.2. The van der Waals surface area contributed by atoms with Gasteiger partial charge in [0.1, 0.15) is 11.6 Å². The summed E-state index contributed by atoms with van der Waals surface area (Å²) in [5.74, 6) is -0.0802. The van der Waals surface area contributed by atoms with Gasteiger partial charge in [-0.3, -0.25) is 14.4 Å². The molecule has 0 unspecified atom stereocenters. The summed E-state index contributed by atoms with van der Waals surface area (Å²) in [6.45, 7) is 8.42. The molecule has 0 aromatic heterocycles. The first kappa shape index (κ1) is 27.6. The van der Waals surface area contributed by atoms with Crippen molar-refractivity contribution in [1.82, 2.24) is 5.32 Å². The number of benzene rings is 3. The van der Waals surface area contributed by atoms with Crippen LogP contribution in [0.25, 0.3) is 0 Å². The maximum atomic E-state index is 13.0. The summed E-state index contributed by atoms with van der Waals surface area (Å²) in [5.41, 5.74) is 2.70. The molecule has 0 aliphatic carbocycles. The van der Waals surface area contributed by atoms with Crippen LogP contribution >= 0.6 is 0 Å². The highest BCUT2D eigenvalue weighted by molar-refractivity contribution is 6.18. The molecule has 1 aliphatic heterocycles. The Hall–Kier alpha value is -4.46. The molecular formula is C31H34N4O4. The Morgan fingerprint density at radius 1 is 0.974 bits per heavy atom. The third kappa shape index (κ3) is 6.71. The lowest BCUT2D eigenvalue weighted by molar-refractivity contribution is -0.122. The van der Waals surface area contributed by atoms with E-state index in [0.29, 0.717) is 29.1 Å². The largest absolute Gasteiger partial charge is 0.481 e. The number of amides is 3. The SMILES string of the molecule is CC[C@H](Oc1ccc(C(C)(C)CC)cc1)C(=O)Nc1cccc(C(=O)NC2=NN(c3ccccc3)C(=O)C2)c1. The lowest BCUT2D eigenvalue weighted by Gasteiger charge is -2.24. The highest BCUT2D eigenvalue weighted by Gasteiger charge is 2.27. The fourth-order valence-corrected chi connectivity index (χ4v) is 4.11. The van der Waals surface area contributed by atoms with E-state index in [2.05, 4.69) is 36.5 Å². The zero-order valence-electron chi connectivity index (χ0n) is 22.7. The first-order valence-electron chi connectivity index (χ1n) is 13.1. The van der Waals surface area contributed by atoms with Gasteiger partial charge in [-0.15, -0.1) is 0 Å². The molecule has 1 aliphatic rings. The van der Waals surface area contributed by atoms with E-state index in [0.717, 1.165) is 6.42 Å². The Bertz CT molecular complexity index is 1370. The molecule has 0 fully saturated rings.